The molecule has 1 aromatic carbocycles. The molecular weight excluding hydrogens is 265 g/mol. The Morgan fingerprint density at radius 1 is 1.24 bits per heavy atom. The predicted molar refractivity (Wildman–Crippen MR) is 84.0 cm³/mol. The van der Waals surface area contributed by atoms with Crippen molar-refractivity contribution in [1.29, 1.82) is 0 Å². The lowest BCUT2D eigenvalue weighted by molar-refractivity contribution is 0.0700. The summed E-state index contributed by atoms with van der Waals surface area (Å²) in [7, 11) is 2.04. The van der Waals surface area contributed by atoms with Crippen LogP contribution in [0, 0.1) is 11.2 Å². The highest BCUT2D eigenvalue weighted by molar-refractivity contribution is 5.99. The summed E-state index contributed by atoms with van der Waals surface area (Å²) in [6.07, 6.45) is 4.70. The van der Waals surface area contributed by atoms with E-state index in [0.717, 1.165) is 12.8 Å². The van der Waals surface area contributed by atoms with Gasteiger partial charge in [0.25, 0.3) is 0 Å². The van der Waals surface area contributed by atoms with Gasteiger partial charge in [-0.2, -0.15) is 0 Å². The van der Waals surface area contributed by atoms with E-state index >= 15 is 0 Å². The van der Waals surface area contributed by atoms with Gasteiger partial charge < -0.3 is 0 Å². The van der Waals surface area contributed by atoms with E-state index in [1.807, 2.05) is 14.0 Å². The zero-order valence-corrected chi connectivity index (χ0v) is 13.5. The maximum absolute atomic E-state index is 13.0. The molecule has 1 aliphatic carbocycles. The Hall–Kier alpha value is -1.22. The molecule has 0 aliphatic heterocycles. The summed E-state index contributed by atoms with van der Waals surface area (Å²) in [4.78, 5) is 14.7. The molecule has 0 bridgehead atoms. The van der Waals surface area contributed by atoms with Crippen LogP contribution in [0.5, 0.6) is 0 Å². The Bertz CT molecular complexity index is 484. The monoisotopic (exact) mass is 291 g/mol. The van der Waals surface area contributed by atoms with Crippen molar-refractivity contribution in [2.45, 2.75) is 58.5 Å². The first-order valence-corrected chi connectivity index (χ1v) is 7.82. The molecule has 0 spiro atoms. The molecule has 1 fully saturated rings. The van der Waals surface area contributed by atoms with E-state index in [2.05, 4.69) is 18.7 Å². The van der Waals surface area contributed by atoms with Crippen LogP contribution in [-0.4, -0.2) is 29.8 Å². The number of nitrogens with zero attached hydrogens (tertiary/aromatic N) is 1. The molecule has 116 valence electrons. The summed E-state index contributed by atoms with van der Waals surface area (Å²) in [6.45, 7) is 6.58. The minimum atomic E-state index is -0.304. The first kappa shape index (κ1) is 16.2. The fourth-order valence-electron chi connectivity index (χ4n) is 3.15. The number of carbonyl (C=O) groups is 1. The van der Waals surface area contributed by atoms with Crippen LogP contribution in [0.3, 0.4) is 0 Å². The van der Waals surface area contributed by atoms with Crippen molar-refractivity contribution < 1.29 is 9.18 Å². The van der Waals surface area contributed by atoms with Crippen LogP contribution in [0.2, 0.25) is 0 Å². The van der Waals surface area contributed by atoms with Crippen LogP contribution in [0.15, 0.2) is 24.3 Å². The highest BCUT2D eigenvalue weighted by Gasteiger charge is 2.32. The molecule has 0 amide bonds. The van der Waals surface area contributed by atoms with Crippen LogP contribution in [0.25, 0.3) is 0 Å². The lowest BCUT2D eigenvalue weighted by Gasteiger charge is -2.40. The van der Waals surface area contributed by atoms with Gasteiger partial charge in [-0.3, -0.25) is 9.69 Å². The molecule has 21 heavy (non-hydrogen) atoms. The third kappa shape index (κ3) is 3.91. The molecule has 1 aliphatic rings. The van der Waals surface area contributed by atoms with E-state index in [9.17, 15) is 9.18 Å². The molecule has 1 unspecified atom stereocenters. The summed E-state index contributed by atoms with van der Waals surface area (Å²) in [5.74, 6) is -0.232. The summed E-state index contributed by atoms with van der Waals surface area (Å²) < 4.78 is 13.0. The fourth-order valence-corrected chi connectivity index (χ4v) is 3.15. The smallest absolute Gasteiger partial charge is 0.179 e. The van der Waals surface area contributed by atoms with Gasteiger partial charge in [-0.1, -0.05) is 13.8 Å². The number of halogens is 1. The second-order valence-electron chi connectivity index (χ2n) is 7.11. The topological polar surface area (TPSA) is 20.3 Å². The van der Waals surface area contributed by atoms with Gasteiger partial charge in [0.05, 0.1) is 6.04 Å². The van der Waals surface area contributed by atoms with Gasteiger partial charge in [-0.25, -0.2) is 4.39 Å². The maximum atomic E-state index is 13.0. The molecule has 0 saturated heterocycles. The molecule has 0 radical (unpaired) electrons. The zero-order valence-electron chi connectivity index (χ0n) is 13.5. The van der Waals surface area contributed by atoms with E-state index in [1.54, 1.807) is 12.1 Å². The molecule has 0 heterocycles. The Morgan fingerprint density at radius 3 is 2.29 bits per heavy atom. The fraction of sp³-hybridized carbons (Fsp3) is 0.611. The molecule has 2 nitrogen and oxygen atoms in total. The Kier molecular flexibility index (Phi) is 4.82. The van der Waals surface area contributed by atoms with Gasteiger partial charge in [0.1, 0.15) is 5.82 Å². The van der Waals surface area contributed by atoms with Crippen molar-refractivity contribution in [3.63, 3.8) is 0 Å². The van der Waals surface area contributed by atoms with Gasteiger partial charge >= 0.3 is 0 Å². The Balaban J connectivity index is 2.00. The molecule has 3 heteroatoms. The van der Waals surface area contributed by atoms with E-state index in [1.165, 1.54) is 25.0 Å². The van der Waals surface area contributed by atoms with Crippen LogP contribution >= 0.6 is 0 Å². The van der Waals surface area contributed by atoms with Crippen LogP contribution < -0.4 is 0 Å². The SMILES string of the molecule is CC(C(=O)c1ccc(F)cc1)N(C)C1CCC(C)(C)CC1. The van der Waals surface area contributed by atoms with Crippen LogP contribution in [-0.2, 0) is 0 Å². The summed E-state index contributed by atoms with van der Waals surface area (Å²) in [6, 6.07) is 6.16. The normalized spacial score (nSPS) is 20.5. The molecule has 1 saturated carbocycles. The average Bonchev–Trinajstić information content (AvgIpc) is 2.46. The lowest BCUT2D eigenvalue weighted by atomic mass is 9.75. The van der Waals surface area contributed by atoms with Crippen molar-refractivity contribution >= 4 is 5.78 Å². The zero-order chi connectivity index (χ0) is 15.6. The highest BCUT2D eigenvalue weighted by Crippen LogP contribution is 2.37. The molecule has 0 N–H and O–H groups in total. The van der Waals surface area contributed by atoms with E-state index in [-0.39, 0.29) is 17.6 Å². The number of ketones is 1. The molecule has 1 aromatic rings. The van der Waals surface area contributed by atoms with Crippen LogP contribution in [0.4, 0.5) is 4.39 Å². The Morgan fingerprint density at radius 2 is 1.76 bits per heavy atom. The average molecular weight is 291 g/mol. The molecule has 2 rings (SSSR count). The number of likely N-dealkylation sites (N-methyl/N-ethyl adjacent to an activating group) is 1. The van der Waals surface area contributed by atoms with Crippen molar-refractivity contribution in [1.82, 2.24) is 4.90 Å². The third-order valence-corrected chi connectivity index (χ3v) is 5.00. The number of rotatable bonds is 4. The minimum absolute atomic E-state index is 0.0716. The number of benzene rings is 1. The van der Waals surface area contributed by atoms with Crippen LogP contribution in [0.1, 0.15) is 56.8 Å². The van der Waals surface area contributed by atoms with Gasteiger partial charge in [0.15, 0.2) is 5.78 Å². The van der Waals surface area contributed by atoms with Crippen molar-refractivity contribution in [3.8, 4) is 0 Å². The summed E-state index contributed by atoms with van der Waals surface area (Å²) in [5, 5.41) is 0. The standard InChI is InChI=1S/C18H26FNO/c1-13(17(21)14-5-7-15(19)8-6-14)20(4)16-9-11-18(2,3)12-10-16/h5-8,13,16H,9-12H2,1-4H3. The summed E-state index contributed by atoms with van der Waals surface area (Å²) >= 11 is 0. The molecule has 1 atom stereocenters. The van der Waals surface area contributed by atoms with Crippen molar-refractivity contribution in [2.75, 3.05) is 7.05 Å². The number of hydrogen-bond acceptors (Lipinski definition) is 2. The Labute approximate surface area is 127 Å². The maximum Gasteiger partial charge on any atom is 0.179 e. The van der Waals surface area contributed by atoms with E-state index < -0.39 is 0 Å². The first-order valence-electron chi connectivity index (χ1n) is 7.82. The van der Waals surface area contributed by atoms with Gasteiger partial charge in [0.2, 0.25) is 0 Å². The van der Waals surface area contributed by atoms with Crippen molar-refractivity contribution in [2.24, 2.45) is 5.41 Å². The number of Topliss-reactive ketones (excluding diaryl/α,β-unsaturated/α-hetero) is 1. The van der Waals surface area contributed by atoms with Gasteiger partial charge in [-0.15, -0.1) is 0 Å². The van der Waals surface area contributed by atoms with E-state index in [0.29, 0.717) is 17.0 Å². The predicted octanol–water partition coefficient (Wildman–Crippen LogP) is 4.30. The minimum Gasteiger partial charge on any atom is -0.294 e. The lowest BCUT2D eigenvalue weighted by Crippen LogP contribution is -2.45. The van der Waals surface area contributed by atoms with Gasteiger partial charge in [0, 0.05) is 11.6 Å². The molecular formula is C18H26FNO. The third-order valence-electron chi connectivity index (χ3n) is 5.00. The van der Waals surface area contributed by atoms with E-state index in [4.69, 9.17) is 0 Å². The van der Waals surface area contributed by atoms with Crippen molar-refractivity contribution in [3.05, 3.63) is 35.6 Å². The second kappa shape index (κ2) is 6.27. The number of carbonyl (C=O) groups excluding carboxylic acids is 1. The number of hydrogen-bond donors (Lipinski definition) is 0. The first-order chi connectivity index (χ1) is 9.80. The second-order valence-corrected chi connectivity index (χ2v) is 7.11. The summed E-state index contributed by atoms with van der Waals surface area (Å²) in [5.41, 5.74) is 1.02. The van der Waals surface area contributed by atoms with Gasteiger partial charge in [-0.05, 0) is 69.3 Å². The quantitative estimate of drug-likeness (QED) is 0.771. The molecule has 0 aromatic heterocycles. The largest absolute Gasteiger partial charge is 0.294 e. The highest BCUT2D eigenvalue weighted by atomic mass is 19.1.